The second kappa shape index (κ2) is 59.2. The molecule has 68 heavy (non-hydrogen) atoms. The molecule has 5 heteroatoms. The molecule has 0 saturated heterocycles. The molecule has 0 heterocycles. The van der Waals surface area contributed by atoms with Crippen LogP contribution in [0.1, 0.15) is 316 Å². The first-order chi connectivity index (χ1) is 33.6. The van der Waals surface area contributed by atoms with Gasteiger partial charge in [0.2, 0.25) is 0 Å². The summed E-state index contributed by atoms with van der Waals surface area (Å²) in [5, 5.41) is 0. The van der Waals surface area contributed by atoms with E-state index in [1.807, 2.05) is 0 Å². The van der Waals surface area contributed by atoms with E-state index < -0.39 is 6.10 Å². The Labute approximate surface area is 424 Å². The highest BCUT2D eigenvalue weighted by Crippen LogP contribution is 2.16. The number of carbonyl (C=O) groups excluding carboxylic acids is 2. The second-order valence-electron chi connectivity index (χ2n) is 20.3. The fourth-order valence-corrected chi connectivity index (χ4v) is 8.81. The normalized spacial score (nSPS) is 12.5. The van der Waals surface area contributed by atoms with Gasteiger partial charge in [0.25, 0.3) is 0 Å². The Kier molecular flexibility index (Phi) is 57.3. The summed E-state index contributed by atoms with van der Waals surface area (Å²) in [6.45, 7) is 7.83. The summed E-state index contributed by atoms with van der Waals surface area (Å²) in [5.41, 5.74) is 0. The Bertz CT molecular complexity index is 1120. The maximum Gasteiger partial charge on any atom is 0.306 e. The van der Waals surface area contributed by atoms with E-state index in [2.05, 4.69) is 69.4 Å². The fourth-order valence-electron chi connectivity index (χ4n) is 8.81. The van der Waals surface area contributed by atoms with Gasteiger partial charge in [-0.2, -0.15) is 0 Å². The molecule has 0 aromatic heterocycles. The van der Waals surface area contributed by atoms with Gasteiger partial charge in [0.15, 0.2) is 6.10 Å². The third kappa shape index (κ3) is 56.4. The van der Waals surface area contributed by atoms with E-state index in [1.165, 1.54) is 218 Å². The summed E-state index contributed by atoms with van der Waals surface area (Å²) < 4.78 is 17.5. The van der Waals surface area contributed by atoms with Crippen molar-refractivity contribution in [3.05, 3.63) is 48.6 Å². The van der Waals surface area contributed by atoms with Crippen molar-refractivity contribution in [3.63, 3.8) is 0 Å². The third-order valence-electron chi connectivity index (χ3n) is 13.3. The molecule has 0 aliphatic rings. The van der Waals surface area contributed by atoms with Crippen molar-refractivity contribution in [3.8, 4) is 0 Å². The van der Waals surface area contributed by atoms with Crippen molar-refractivity contribution in [1.82, 2.24) is 0 Å². The van der Waals surface area contributed by atoms with E-state index in [0.29, 0.717) is 19.4 Å². The maximum atomic E-state index is 12.9. The zero-order valence-electron chi connectivity index (χ0n) is 45.9. The van der Waals surface area contributed by atoms with E-state index in [9.17, 15) is 9.59 Å². The lowest BCUT2D eigenvalue weighted by Gasteiger charge is -2.18. The summed E-state index contributed by atoms with van der Waals surface area (Å²) in [4.78, 5) is 25.6. The quantitative estimate of drug-likeness (QED) is 0.0345. The maximum absolute atomic E-state index is 12.9. The number of hydrogen-bond donors (Lipinski definition) is 0. The van der Waals surface area contributed by atoms with Crippen molar-refractivity contribution < 1.29 is 23.8 Å². The first-order valence-corrected chi connectivity index (χ1v) is 30.2. The van der Waals surface area contributed by atoms with Crippen molar-refractivity contribution in [2.24, 2.45) is 0 Å². The van der Waals surface area contributed by atoms with Crippen LogP contribution in [0.4, 0.5) is 0 Å². The lowest BCUT2D eigenvalue weighted by molar-refractivity contribution is -0.163. The van der Waals surface area contributed by atoms with Crippen LogP contribution in [0.25, 0.3) is 0 Å². The molecule has 0 aromatic rings. The van der Waals surface area contributed by atoms with E-state index in [-0.39, 0.29) is 25.2 Å². The van der Waals surface area contributed by atoms with Gasteiger partial charge in [-0.15, -0.1) is 0 Å². The molecule has 0 spiro atoms. The van der Waals surface area contributed by atoms with Crippen molar-refractivity contribution >= 4 is 11.9 Å². The minimum absolute atomic E-state index is 0.0812. The van der Waals surface area contributed by atoms with Gasteiger partial charge in [0.1, 0.15) is 6.61 Å². The number of rotatable bonds is 56. The van der Waals surface area contributed by atoms with E-state index >= 15 is 0 Å². The van der Waals surface area contributed by atoms with E-state index in [4.69, 9.17) is 14.2 Å². The van der Waals surface area contributed by atoms with Crippen LogP contribution in [-0.4, -0.2) is 37.9 Å². The van der Waals surface area contributed by atoms with Crippen molar-refractivity contribution in [1.29, 1.82) is 0 Å². The molecule has 0 rings (SSSR count). The van der Waals surface area contributed by atoms with E-state index in [0.717, 1.165) is 64.2 Å². The molecule has 0 saturated carbocycles. The number of hydrogen-bond acceptors (Lipinski definition) is 5. The summed E-state index contributed by atoms with van der Waals surface area (Å²) >= 11 is 0. The zero-order valence-corrected chi connectivity index (χ0v) is 45.9. The molecule has 398 valence electrons. The summed E-state index contributed by atoms with van der Waals surface area (Å²) in [7, 11) is 0. The summed E-state index contributed by atoms with van der Waals surface area (Å²) in [6, 6.07) is 0. The average molecular weight is 954 g/mol. The van der Waals surface area contributed by atoms with Crippen molar-refractivity contribution in [2.45, 2.75) is 322 Å². The molecule has 0 fully saturated rings. The lowest BCUT2D eigenvalue weighted by Crippen LogP contribution is -2.30. The smallest absolute Gasteiger partial charge is 0.306 e. The predicted molar refractivity (Wildman–Crippen MR) is 298 cm³/mol. The Morgan fingerprint density at radius 3 is 1.03 bits per heavy atom. The lowest BCUT2D eigenvalue weighted by atomic mass is 10.0. The largest absolute Gasteiger partial charge is 0.462 e. The number of unbranched alkanes of at least 4 members (excludes halogenated alkanes) is 37. The molecule has 0 amide bonds. The summed E-state index contributed by atoms with van der Waals surface area (Å²) in [5.74, 6) is -0.395. The molecule has 0 radical (unpaired) electrons. The average Bonchev–Trinajstić information content (AvgIpc) is 3.34. The van der Waals surface area contributed by atoms with Crippen LogP contribution in [-0.2, 0) is 23.8 Å². The summed E-state index contributed by atoms with van der Waals surface area (Å²) in [6.07, 6.45) is 74.2. The van der Waals surface area contributed by atoms with Gasteiger partial charge < -0.3 is 14.2 Å². The van der Waals surface area contributed by atoms with Gasteiger partial charge in [0.05, 0.1) is 6.61 Å². The molecule has 0 aromatic carbocycles. The van der Waals surface area contributed by atoms with Crippen molar-refractivity contribution in [2.75, 3.05) is 19.8 Å². The Morgan fingerprint density at radius 2 is 0.618 bits per heavy atom. The van der Waals surface area contributed by atoms with Crippen LogP contribution in [0.15, 0.2) is 48.6 Å². The Hall–Kier alpha value is -2.14. The second-order valence-corrected chi connectivity index (χ2v) is 20.3. The van der Waals surface area contributed by atoms with Gasteiger partial charge in [-0.3, -0.25) is 9.59 Å². The molecular formula is C63H116O5. The third-order valence-corrected chi connectivity index (χ3v) is 13.3. The Morgan fingerprint density at radius 1 is 0.324 bits per heavy atom. The fraction of sp³-hybridized carbons (Fsp3) is 0.841. The highest BCUT2D eigenvalue weighted by molar-refractivity contribution is 5.70. The van der Waals surface area contributed by atoms with Crippen LogP contribution >= 0.6 is 0 Å². The van der Waals surface area contributed by atoms with Gasteiger partial charge in [0, 0.05) is 19.4 Å². The van der Waals surface area contributed by atoms with Gasteiger partial charge in [-0.25, -0.2) is 0 Å². The zero-order chi connectivity index (χ0) is 49.2. The van der Waals surface area contributed by atoms with Gasteiger partial charge in [-0.1, -0.05) is 268 Å². The van der Waals surface area contributed by atoms with E-state index in [1.54, 1.807) is 0 Å². The number of carbonyl (C=O) groups is 2. The minimum Gasteiger partial charge on any atom is -0.462 e. The Balaban J connectivity index is 4.26. The molecule has 1 atom stereocenters. The van der Waals surface area contributed by atoms with Gasteiger partial charge in [-0.05, 0) is 83.5 Å². The van der Waals surface area contributed by atoms with Crippen LogP contribution in [0.5, 0.6) is 0 Å². The predicted octanol–water partition coefficient (Wildman–Crippen LogP) is 20.7. The first-order valence-electron chi connectivity index (χ1n) is 30.2. The highest BCUT2D eigenvalue weighted by Gasteiger charge is 2.17. The highest BCUT2D eigenvalue weighted by atomic mass is 16.6. The number of esters is 2. The molecule has 1 unspecified atom stereocenters. The monoisotopic (exact) mass is 953 g/mol. The first kappa shape index (κ1) is 65.9. The topological polar surface area (TPSA) is 61.8 Å². The number of allylic oxidation sites excluding steroid dienone is 8. The molecule has 0 aliphatic carbocycles. The molecule has 0 N–H and O–H groups in total. The van der Waals surface area contributed by atoms with Gasteiger partial charge >= 0.3 is 11.9 Å². The van der Waals surface area contributed by atoms with Crippen LogP contribution in [0.2, 0.25) is 0 Å². The minimum atomic E-state index is -0.541. The number of ether oxygens (including phenoxy) is 3. The molecule has 0 aliphatic heterocycles. The SMILES string of the molecule is CCCCC/C=C\C/C=C\C/C=C\CCCCCCCCC(=O)OCC(COCCCCCCCCCC/C=C\CCCCCCCC)OC(=O)CCCCCCCCCCCCCCCCC. The van der Waals surface area contributed by atoms with Crippen LogP contribution < -0.4 is 0 Å². The molecule has 0 bridgehead atoms. The molecular weight excluding hydrogens is 837 g/mol. The standard InChI is InChI=1S/C63H116O5/c1-4-7-10-13-16-19-22-25-28-30-32-33-36-38-41-44-47-50-53-56-62(64)67-60-61(68-63(65)57-54-51-48-45-42-39-35-27-24-21-18-15-12-9-6-3)59-66-58-55-52-49-46-43-40-37-34-31-29-26-23-20-17-14-11-8-5-2/h16,19,25-26,28-29,32-33,61H,4-15,17-18,20-24,27,30-31,34-60H2,1-3H3/b19-16-,28-25-,29-26-,33-32-. The van der Waals surface area contributed by atoms with Crippen LogP contribution in [0.3, 0.4) is 0 Å². The van der Waals surface area contributed by atoms with Crippen LogP contribution in [0, 0.1) is 0 Å². The molecule has 5 nitrogen and oxygen atoms in total.